The number of rotatable bonds is 7. The third-order valence-electron chi connectivity index (χ3n) is 8.82. The van der Waals surface area contributed by atoms with E-state index < -0.39 is 5.60 Å². The maximum absolute atomic E-state index is 14.6. The fraction of sp³-hybridized carbons (Fsp3) is 0.500. The third kappa shape index (κ3) is 4.59. The zero-order chi connectivity index (χ0) is 23.7. The molecule has 0 N–H and O–H groups in total. The van der Waals surface area contributed by atoms with E-state index in [1.807, 2.05) is 36.5 Å². The number of aromatic nitrogens is 1. The van der Waals surface area contributed by atoms with Gasteiger partial charge in [0.2, 0.25) is 0 Å². The number of hydrogen-bond acceptors (Lipinski definition) is 4. The van der Waals surface area contributed by atoms with Crippen molar-refractivity contribution >= 4 is 11.8 Å². The molecule has 4 heterocycles. The highest BCUT2D eigenvalue weighted by molar-refractivity contribution is 8.00. The quantitative estimate of drug-likeness (QED) is 0.397. The van der Waals surface area contributed by atoms with Crippen LogP contribution in [0.2, 0.25) is 0 Å². The smallest absolute Gasteiger partial charge is 0.188 e. The molecule has 184 valence electrons. The van der Waals surface area contributed by atoms with Crippen LogP contribution in [0.5, 0.6) is 0 Å². The van der Waals surface area contributed by atoms with E-state index in [2.05, 4.69) is 47.1 Å². The first-order valence-electron chi connectivity index (χ1n) is 13.4. The average molecular weight is 489 g/mol. The lowest BCUT2D eigenvalue weighted by Crippen LogP contribution is -2.62. The molecule has 0 amide bonds. The zero-order valence-corrected chi connectivity index (χ0v) is 21.3. The predicted octanol–water partition coefficient (Wildman–Crippen LogP) is 5.76. The summed E-state index contributed by atoms with van der Waals surface area (Å²) >= 11 is 2.05. The highest BCUT2D eigenvalue weighted by Crippen LogP contribution is 2.44. The van der Waals surface area contributed by atoms with Crippen LogP contribution in [0.3, 0.4) is 0 Å². The van der Waals surface area contributed by atoms with E-state index in [9.17, 15) is 5.11 Å². The minimum absolute atomic E-state index is 0.0366. The van der Waals surface area contributed by atoms with Gasteiger partial charge in [0.05, 0.1) is 31.1 Å². The van der Waals surface area contributed by atoms with Crippen molar-refractivity contribution < 1.29 is 14.0 Å². The van der Waals surface area contributed by atoms with Gasteiger partial charge < -0.3 is 14.0 Å². The van der Waals surface area contributed by atoms with Gasteiger partial charge in [0.25, 0.3) is 0 Å². The molecule has 5 heteroatoms. The first-order valence-corrected chi connectivity index (χ1v) is 14.3. The minimum atomic E-state index is -1.40. The van der Waals surface area contributed by atoms with Crippen molar-refractivity contribution in [3.05, 3.63) is 84.1 Å². The van der Waals surface area contributed by atoms with Crippen LogP contribution in [0.4, 0.5) is 0 Å². The summed E-state index contributed by atoms with van der Waals surface area (Å²) < 4.78 is 7.48. The van der Waals surface area contributed by atoms with Crippen molar-refractivity contribution in [3.8, 4) is 0 Å². The second-order valence-corrected chi connectivity index (χ2v) is 12.3. The molecule has 3 aliphatic heterocycles. The fourth-order valence-electron chi connectivity index (χ4n) is 6.86. The highest BCUT2D eigenvalue weighted by atomic mass is 32.2. The van der Waals surface area contributed by atoms with Gasteiger partial charge >= 0.3 is 0 Å². The normalized spacial score (nSPS) is 28.6. The molecule has 3 saturated heterocycles. The molecule has 4 aliphatic rings. The summed E-state index contributed by atoms with van der Waals surface area (Å²) in [6.45, 7) is 4.43. The van der Waals surface area contributed by atoms with Gasteiger partial charge in [-0.15, -0.1) is 11.8 Å². The van der Waals surface area contributed by atoms with Gasteiger partial charge in [-0.2, -0.15) is 0 Å². The summed E-state index contributed by atoms with van der Waals surface area (Å²) in [5.41, 5.74) is -0.606. The van der Waals surface area contributed by atoms with E-state index in [4.69, 9.17) is 4.42 Å². The first kappa shape index (κ1) is 23.3. The lowest BCUT2D eigenvalue weighted by atomic mass is 9.73. The Morgan fingerprint density at radius 2 is 1.60 bits per heavy atom. The fourth-order valence-corrected chi connectivity index (χ4v) is 8.38. The Labute approximate surface area is 213 Å². The molecule has 4 fully saturated rings. The standard InChI is InChI=1S/C30H36N2O2S/c33-30(24-10-4-1-5-11-24,25-12-6-2-7-13-25)29-31-20-26(34-29)21-32-18-16-23(17-19-32)28(22-32)35-27-14-8-3-9-15-27/h1,3-5,8-11,14-15,20,23,25,28H,2,6-7,12-13,16-19,21-22H2/t23?,28?,30-,32?/m0/s1. The monoisotopic (exact) mass is 488 g/mol. The number of oxazole rings is 1. The molecule has 0 radical (unpaired) electrons. The Morgan fingerprint density at radius 3 is 2.31 bits per heavy atom. The van der Waals surface area contributed by atoms with Crippen LogP contribution in [0.1, 0.15) is 62.2 Å². The second-order valence-electron chi connectivity index (χ2n) is 11.0. The van der Waals surface area contributed by atoms with E-state index in [1.54, 1.807) is 0 Å². The van der Waals surface area contributed by atoms with Gasteiger partial charge in [-0.1, -0.05) is 80.6 Å². The first-order chi connectivity index (χ1) is 17.1. The summed E-state index contributed by atoms with van der Waals surface area (Å²) in [6, 6.07) is 20.7. The van der Waals surface area contributed by atoms with Gasteiger partial charge in [-0.3, -0.25) is 0 Å². The third-order valence-corrected chi connectivity index (χ3v) is 10.2. The van der Waals surface area contributed by atoms with Crippen molar-refractivity contribution in [2.75, 3.05) is 19.6 Å². The Bertz CT molecular complexity index is 1100. The number of piperidine rings is 3. The largest absolute Gasteiger partial charge is 0.839 e. The molecule has 7 rings (SSSR count). The number of nitrogens with zero attached hydrogens (tertiary/aromatic N) is 2. The van der Waals surface area contributed by atoms with E-state index in [0.29, 0.717) is 11.1 Å². The van der Waals surface area contributed by atoms with Crippen LogP contribution >= 0.6 is 11.8 Å². The van der Waals surface area contributed by atoms with Crippen LogP contribution in [0.25, 0.3) is 0 Å². The maximum Gasteiger partial charge on any atom is 0.188 e. The molecule has 4 nitrogen and oxygen atoms in total. The van der Waals surface area contributed by atoms with Crippen LogP contribution < -0.4 is 5.11 Å². The summed E-state index contributed by atoms with van der Waals surface area (Å²) in [7, 11) is 0. The Morgan fingerprint density at radius 1 is 0.914 bits per heavy atom. The molecule has 0 spiro atoms. The molecule has 2 atom stereocenters. The molecular formula is C30H36N2O2S. The molecular weight excluding hydrogens is 452 g/mol. The molecule has 1 unspecified atom stereocenters. The summed E-state index contributed by atoms with van der Waals surface area (Å²) in [5, 5.41) is 15.3. The number of benzene rings is 2. The summed E-state index contributed by atoms with van der Waals surface area (Å²) in [4.78, 5) is 6.05. The topological polar surface area (TPSA) is 49.1 Å². The number of hydrogen-bond donors (Lipinski definition) is 0. The highest BCUT2D eigenvalue weighted by Gasteiger charge is 2.47. The molecule has 1 aliphatic carbocycles. The lowest BCUT2D eigenvalue weighted by Gasteiger charge is -2.52. The van der Waals surface area contributed by atoms with E-state index >= 15 is 0 Å². The van der Waals surface area contributed by atoms with Crippen molar-refractivity contribution in [1.29, 1.82) is 0 Å². The number of quaternary nitrogens is 1. The number of thioether (sulfide) groups is 1. The molecule has 2 aromatic carbocycles. The second kappa shape index (κ2) is 9.76. The Balaban J connectivity index is 1.24. The summed E-state index contributed by atoms with van der Waals surface area (Å²) in [5.74, 6) is 2.11. The average Bonchev–Trinajstić information content (AvgIpc) is 3.39. The molecule has 1 saturated carbocycles. The van der Waals surface area contributed by atoms with Crippen molar-refractivity contribution in [1.82, 2.24) is 4.98 Å². The van der Waals surface area contributed by atoms with Gasteiger partial charge in [-0.05, 0) is 35.1 Å². The SMILES string of the molecule is [O-][C@](c1ccccc1)(c1ncc(C[N+]23CCC(CC2)C(Sc2ccccc2)C3)o1)C1CCCCC1. The molecule has 1 aromatic heterocycles. The Kier molecular flexibility index (Phi) is 6.50. The van der Waals surface area contributed by atoms with Gasteiger partial charge in [0.1, 0.15) is 6.54 Å². The van der Waals surface area contributed by atoms with Crippen LogP contribution in [-0.2, 0) is 12.1 Å². The molecule has 2 bridgehead atoms. The molecule has 35 heavy (non-hydrogen) atoms. The van der Waals surface area contributed by atoms with Crippen LogP contribution in [0, 0.1) is 11.8 Å². The van der Waals surface area contributed by atoms with Crippen molar-refractivity contribution in [2.45, 2.75) is 67.2 Å². The van der Waals surface area contributed by atoms with Crippen LogP contribution in [-0.4, -0.2) is 34.4 Å². The Hall–Kier alpha value is -2.08. The van der Waals surface area contributed by atoms with Gasteiger partial charge in [-0.25, -0.2) is 4.98 Å². The van der Waals surface area contributed by atoms with Crippen LogP contribution in [0.15, 0.2) is 76.2 Å². The zero-order valence-electron chi connectivity index (χ0n) is 20.5. The van der Waals surface area contributed by atoms with E-state index in [0.717, 1.165) is 54.0 Å². The number of fused-ring (bicyclic) bond motifs is 3. The molecule has 3 aromatic rings. The predicted molar refractivity (Wildman–Crippen MR) is 138 cm³/mol. The van der Waals surface area contributed by atoms with Crippen molar-refractivity contribution in [2.24, 2.45) is 11.8 Å². The van der Waals surface area contributed by atoms with Gasteiger partial charge in [0, 0.05) is 17.7 Å². The van der Waals surface area contributed by atoms with E-state index in [1.165, 1.54) is 43.8 Å². The van der Waals surface area contributed by atoms with Crippen molar-refractivity contribution in [3.63, 3.8) is 0 Å². The van der Waals surface area contributed by atoms with Gasteiger partial charge in [0.15, 0.2) is 11.7 Å². The van der Waals surface area contributed by atoms with E-state index in [-0.39, 0.29) is 5.92 Å². The lowest BCUT2D eigenvalue weighted by molar-refractivity contribution is -0.954. The maximum atomic E-state index is 14.6. The minimum Gasteiger partial charge on any atom is -0.839 e. The summed E-state index contributed by atoms with van der Waals surface area (Å²) in [6.07, 6.45) is 9.80.